The molecule has 7 N–H and O–H groups in total. The first-order chi connectivity index (χ1) is 7.54. The largest absolute Gasteiger partial charge is 0.480 e. The molecule has 0 aromatic heterocycles. The third-order valence-electron chi connectivity index (χ3n) is 1.31. The number of carbonyl (C=O) groups is 2. The minimum Gasteiger partial charge on any atom is -0.480 e. The molecule has 0 aliphatic rings. The molecule has 0 aliphatic heterocycles. The monoisotopic (exact) mass is 271 g/mol. The number of hydrogen-bond donors (Lipinski definition) is 5. The Labute approximate surface area is 98.9 Å². The molecule has 0 aromatic rings. The zero-order valence-electron chi connectivity index (χ0n) is 9.29. The van der Waals surface area contributed by atoms with Gasteiger partial charge < -0.3 is 21.9 Å². The molecule has 0 radical (unpaired) electrons. The van der Waals surface area contributed by atoms with Crippen LogP contribution in [-0.4, -0.2) is 48.9 Å². The van der Waals surface area contributed by atoms with Crippen LogP contribution in [0.5, 0.6) is 0 Å². The Morgan fingerprint density at radius 1 is 1.41 bits per heavy atom. The topological polar surface area (TPSA) is 173 Å². The number of nitrogens with one attached hydrogen (secondary N) is 1. The van der Waals surface area contributed by atoms with E-state index < -0.39 is 28.2 Å². The second-order valence-electron chi connectivity index (χ2n) is 3.11. The Kier molecular flexibility index (Phi) is 9.23. The minimum absolute atomic E-state index is 0.329. The van der Waals surface area contributed by atoms with Gasteiger partial charge in [-0.05, 0) is 12.8 Å². The number of amides is 2. The summed E-state index contributed by atoms with van der Waals surface area (Å²) in [6.45, 7) is 0.357. The maximum absolute atomic E-state index is 10.2. The standard InChI is InChI=1S/C6H13N3O3.CH4O3S/c7-4(5(10)11)2-1-3-9-6(8)12;1-5(2,3)4/h4H,1-3,7H2,(H,10,11)(H3,8,9,12);1H3,(H,2,3,4)/t4-;/m0./s1. The molecule has 2 amide bonds. The van der Waals surface area contributed by atoms with Crippen LogP contribution in [0.4, 0.5) is 4.79 Å². The van der Waals surface area contributed by atoms with Crippen molar-refractivity contribution in [2.45, 2.75) is 18.9 Å². The van der Waals surface area contributed by atoms with Gasteiger partial charge in [-0.1, -0.05) is 0 Å². The zero-order valence-corrected chi connectivity index (χ0v) is 10.1. The lowest BCUT2D eigenvalue weighted by atomic mass is 10.2. The average molecular weight is 271 g/mol. The number of carbonyl (C=O) groups excluding carboxylic acids is 1. The Balaban J connectivity index is 0. The zero-order chi connectivity index (χ0) is 14.1. The van der Waals surface area contributed by atoms with Gasteiger partial charge in [-0.25, -0.2) is 4.79 Å². The molecule has 1 atom stereocenters. The quantitative estimate of drug-likeness (QED) is 0.294. The second kappa shape index (κ2) is 8.73. The van der Waals surface area contributed by atoms with Gasteiger partial charge in [0.15, 0.2) is 0 Å². The summed E-state index contributed by atoms with van der Waals surface area (Å²) in [6, 6.07) is -1.47. The van der Waals surface area contributed by atoms with E-state index in [-0.39, 0.29) is 0 Å². The summed E-state index contributed by atoms with van der Waals surface area (Å²) < 4.78 is 25.9. The first kappa shape index (κ1) is 18.0. The normalized spacial score (nSPS) is 11.9. The number of nitrogens with two attached hydrogens (primary N) is 2. The number of hydrogen-bond acceptors (Lipinski definition) is 5. The van der Waals surface area contributed by atoms with Gasteiger partial charge in [0.1, 0.15) is 6.04 Å². The van der Waals surface area contributed by atoms with Gasteiger partial charge >= 0.3 is 12.0 Å². The van der Waals surface area contributed by atoms with Crippen molar-refractivity contribution in [3.63, 3.8) is 0 Å². The molecule has 0 heterocycles. The van der Waals surface area contributed by atoms with E-state index in [0.717, 1.165) is 0 Å². The summed E-state index contributed by atoms with van der Waals surface area (Å²) >= 11 is 0. The van der Waals surface area contributed by atoms with E-state index in [9.17, 15) is 18.0 Å². The molecular formula is C7H17N3O6S. The van der Waals surface area contributed by atoms with Crippen molar-refractivity contribution in [3.05, 3.63) is 0 Å². The van der Waals surface area contributed by atoms with E-state index >= 15 is 0 Å². The smallest absolute Gasteiger partial charge is 0.320 e. The molecule has 17 heavy (non-hydrogen) atoms. The molecular weight excluding hydrogens is 254 g/mol. The van der Waals surface area contributed by atoms with Crippen LogP contribution in [0.2, 0.25) is 0 Å². The van der Waals surface area contributed by atoms with Crippen molar-refractivity contribution in [2.24, 2.45) is 11.5 Å². The first-order valence-corrected chi connectivity index (χ1v) is 6.33. The maximum atomic E-state index is 10.2. The third-order valence-corrected chi connectivity index (χ3v) is 1.31. The molecule has 0 bridgehead atoms. The summed E-state index contributed by atoms with van der Waals surface area (Å²) in [7, 11) is -3.67. The fourth-order valence-corrected chi connectivity index (χ4v) is 0.657. The van der Waals surface area contributed by atoms with Gasteiger partial charge in [0.2, 0.25) is 0 Å². The van der Waals surface area contributed by atoms with Crippen LogP contribution in [0, 0.1) is 0 Å². The van der Waals surface area contributed by atoms with Crippen LogP contribution in [-0.2, 0) is 14.9 Å². The van der Waals surface area contributed by atoms with Crippen molar-refractivity contribution < 1.29 is 27.7 Å². The van der Waals surface area contributed by atoms with Crippen LogP contribution in [0.25, 0.3) is 0 Å². The van der Waals surface area contributed by atoms with E-state index in [1.165, 1.54) is 0 Å². The average Bonchev–Trinajstić information content (AvgIpc) is 2.08. The lowest BCUT2D eigenvalue weighted by Gasteiger charge is -2.05. The fraction of sp³-hybridized carbons (Fsp3) is 0.714. The van der Waals surface area contributed by atoms with Gasteiger partial charge in [-0.15, -0.1) is 0 Å². The van der Waals surface area contributed by atoms with E-state index in [1.807, 2.05) is 0 Å². The molecule has 0 spiro atoms. The van der Waals surface area contributed by atoms with E-state index in [0.29, 0.717) is 25.6 Å². The molecule has 0 saturated heterocycles. The van der Waals surface area contributed by atoms with Gasteiger partial charge in [-0.2, -0.15) is 8.42 Å². The fourth-order valence-electron chi connectivity index (χ4n) is 0.657. The second-order valence-corrected chi connectivity index (χ2v) is 4.58. The number of rotatable bonds is 5. The van der Waals surface area contributed by atoms with E-state index in [2.05, 4.69) is 5.32 Å². The van der Waals surface area contributed by atoms with Crippen LogP contribution < -0.4 is 16.8 Å². The summed E-state index contributed by atoms with van der Waals surface area (Å²) in [5.74, 6) is -1.03. The first-order valence-electron chi connectivity index (χ1n) is 4.48. The Morgan fingerprint density at radius 2 is 1.82 bits per heavy atom. The molecule has 0 rings (SSSR count). The highest BCUT2D eigenvalue weighted by Crippen LogP contribution is 1.92. The minimum atomic E-state index is -3.67. The molecule has 0 fully saturated rings. The van der Waals surface area contributed by atoms with Gasteiger partial charge in [0, 0.05) is 6.54 Å². The molecule has 10 heteroatoms. The summed E-state index contributed by atoms with van der Waals surface area (Å²) in [4.78, 5) is 20.3. The predicted molar refractivity (Wildman–Crippen MR) is 59.9 cm³/mol. The Bertz CT molecular complexity index is 334. The van der Waals surface area contributed by atoms with Gasteiger partial charge in [0.05, 0.1) is 6.26 Å². The Morgan fingerprint density at radius 3 is 2.12 bits per heavy atom. The summed E-state index contributed by atoms with van der Waals surface area (Å²) in [6.07, 6.45) is 1.55. The molecule has 0 aliphatic carbocycles. The highest BCUT2D eigenvalue weighted by molar-refractivity contribution is 7.85. The lowest BCUT2D eigenvalue weighted by molar-refractivity contribution is -0.138. The van der Waals surface area contributed by atoms with E-state index in [1.54, 1.807) is 0 Å². The molecule has 102 valence electrons. The summed E-state index contributed by atoms with van der Waals surface area (Å²) in [5, 5.41) is 10.7. The Hall–Kier alpha value is -1.39. The third kappa shape index (κ3) is 25.2. The molecule has 0 aromatic carbocycles. The molecule has 0 unspecified atom stereocenters. The van der Waals surface area contributed by atoms with Crippen LogP contribution >= 0.6 is 0 Å². The molecule has 0 saturated carbocycles. The SMILES string of the molecule is CS(=O)(=O)O.NC(=O)NCCC[C@H](N)C(=O)O. The van der Waals surface area contributed by atoms with Crippen LogP contribution in [0.3, 0.4) is 0 Å². The van der Waals surface area contributed by atoms with Crippen molar-refractivity contribution in [1.82, 2.24) is 5.32 Å². The van der Waals surface area contributed by atoms with Gasteiger partial charge in [0.25, 0.3) is 10.1 Å². The van der Waals surface area contributed by atoms with E-state index in [4.69, 9.17) is 21.1 Å². The number of carboxylic acid groups (broad SMARTS) is 1. The van der Waals surface area contributed by atoms with Crippen molar-refractivity contribution in [2.75, 3.05) is 12.8 Å². The highest BCUT2D eigenvalue weighted by Gasteiger charge is 2.09. The predicted octanol–water partition coefficient (Wildman–Crippen LogP) is -1.65. The number of urea groups is 1. The number of primary amides is 1. The van der Waals surface area contributed by atoms with Crippen molar-refractivity contribution >= 4 is 22.1 Å². The molecule has 9 nitrogen and oxygen atoms in total. The van der Waals surface area contributed by atoms with Crippen molar-refractivity contribution in [3.8, 4) is 0 Å². The number of aliphatic carboxylic acids is 1. The van der Waals surface area contributed by atoms with Gasteiger partial charge in [-0.3, -0.25) is 9.35 Å². The lowest BCUT2D eigenvalue weighted by Crippen LogP contribution is -2.33. The van der Waals surface area contributed by atoms with Crippen LogP contribution in [0.1, 0.15) is 12.8 Å². The van der Waals surface area contributed by atoms with Crippen LogP contribution in [0.15, 0.2) is 0 Å². The van der Waals surface area contributed by atoms with Crippen molar-refractivity contribution in [1.29, 1.82) is 0 Å². The maximum Gasteiger partial charge on any atom is 0.320 e. The number of carboxylic acids is 1. The summed E-state index contributed by atoms with van der Waals surface area (Å²) in [5.41, 5.74) is 9.96. The highest BCUT2D eigenvalue weighted by atomic mass is 32.2.